The number of allylic oxidation sites excluding steroid dienone is 1. The topological polar surface area (TPSA) is 165 Å². The largest absolute Gasteiger partial charge is 0.437 e. The Labute approximate surface area is 281 Å². The first-order valence-corrected chi connectivity index (χ1v) is 16.7. The standard InChI is InChI=1S/C38H42N4O6/c1-2-4-28(43)18-30(45)19-29(44)10-6-23-7-13-35-36(15-23)48-38-24(5-3-14-47-35)9-12-34(46)31-11-8-25(37(39)40)16-26(31)17-27-20-41-33-22-42(38)21-32(27)33/h7-8,11,13,15-16,20,22,24,28,30,34,37-38,43,45-46H,2,4-6,10,17-19,21,39-40H2,1H3/p+1/t24-,28-,30+,34+,38+/m0/s1. The van der Waals surface area contributed by atoms with E-state index in [9.17, 15) is 20.1 Å². The van der Waals surface area contributed by atoms with E-state index < -0.39 is 36.6 Å². The van der Waals surface area contributed by atoms with Gasteiger partial charge in [-0.05, 0) is 65.6 Å². The number of nitrogens with two attached hydrogens (primary N) is 2. The summed E-state index contributed by atoms with van der Waals surface area (Å²) in [4.78, 5) is 18.4. The van der Waals surface area contributed by atoms with Gasteiger partial charge >= 0.3 is 0 Å². The Kier molecular flexibility index (Phi) is 10.4. The molecule has 0 fully saturated rings. The monoisotopic (exact) mass is 651 g/mol. The Morgan fingerprint density at radius 2 is 1.98 bits per heavy atom. The summed E-state index contributed by atoms with van der Waals surface area (Å²) in [6.07, 6.45) is 6.30. The number of rotatable bonds is 10. The number of hydrogen-bond donors (Lipinski definition) is 6. The maximum atomic E-state index is 12.7. The summed E-state index contributed by atoms with van der Waals surface area (Å²) in [5.41, 5.74) is 18.3. The number of benzene rings is 2. The fraction of sp³-hybridized carbons (Fsp3) is 0.421. The first kappa shape index (κ1) is 33.6. The number of nitrogens with zero attached hydrogens (tertiary/aromatic N) is 1. The summed E-state index contributed by atoms with van der Waals surface area (Å²) < 4.78 is 12.6. The van der Waals surface area contributed by atoms with Gasteiger partial charge in [-0.2, -0.15) is 0 Å². The third-order valence-electron chi connectivity index (χ3n) is 9.26. The van der Waals surface area contributed by atoms with Crippen LogP contribution in [0.2, 0.25) is 0 Å². The van der Waals surface area contributed by atoms with E-state index in [0.717, 1.165) is 44.9 Å². The minimum Gasteiger partial charge on any atom is -0.437 e. The second-order valence-electron chi connectivity index (χ2n) is 13.0. The molecule has 10 nitrogen and oxygen atoms in total. The van der Waals surface area contributed by atoms with Crippen LogP contribution in [-0.4, -0.2) is 52.3 Å². The molecule has 6 rings (SSSR count). The first-order valence-electron chi connectivity index (χ1n) is 16.7. The molecular weight excluding hydrogens is 608 g/mol. The number of quaternary nitrogens is 1. The summed E-state index contributed by atoms with van der Waals surface area (Å²) in [6, 6.07) is 11.1. The highest BCUT2D eigenvalue weighted by Gasteiger charge is 2.39. The van der Waals surface area contributed by atoms with Gasteiger partial charge in [-0.25, -0.2) is 0 Å². The van der Waals surface area contributed by atoms with Crippen LogP contribution in [0.4, 0.5) is 0 Å². The van der Waals surface area contributed by atoms with E-state index in [4.69, 9.17) is 25.9 Å². The molecule has 8 N–H and O–H groups in total. The molecule has 4 heterocycles. The Bertz CT molecular complexity index is 1770. The van der Waals surface area contributed by atoms with Crippen LogP contribution in [-0.2, 0) is 17.6 Å². The van der Waals surface area contributed by atoms with Gasteiger partial charge < -0.3 is 36.3 Å². The highest BCUT2D eigenvalue weighted by Crippen LogP contribution is 2.33. The third kappa shape index (κ3) is 7.72. The van der Waals surface area contributed by atoms with Crippen LogP contribution < -0.4 is 25.8 Å². The Morgan fingerprint density at radius 3 is 2.79 bits per heavy atom. The van der Waals surface area contributed by atoms with Crippen LogP contribution in [0.1, 0.15) is 80.0 Å². The number of carbonyl (C=O) groups is 1. The molecule has 2 aromatic rings. The molecule has 4 aliphatic heterocycles. The fourth-order valence-electron chi connectivity index (χ4n) is 6.69. The van der Waals surface area contributed by atoms with E-state index in [1.165, 1.54) is 0 Å². The smallest absolute Gasteiger partial charge is 0.251 e. The molecule has 250 valence electrons. The minimum atomic E-state index is -1.05. The van der Waals surface area contributed by atoms with Crippen molar-refractivity contribution in [1.82, 2.24) is 0 Å². The highest BCUT2D eigenvalue weighted by atomic mass is 16.5. The molecule has 0 radical (unpaired) electrons. The number of Topliss-reactive ketones (excluding diaryl/α,β-unsaturated/α-hetero) is 1. The Morgan fingerprint density at radius 1 is 1.12 bits per heavy atom. The van der Waals surface area contributed by atoms with Gasteiger partial charge in [-0.15, -0.1) is 0 Å². The van der Waals surface area contributed by atoms with Crippen molar-refractivity contribution in [1.29, 1.82) is 0 Å². The highest BCUT2D eigenvalue weighted by molar-refractivity contribution is 5.87. The van der Waals surface area contributed by atoms with E-state index in [0.29, 0.717) is 49.3 Å². The molecular formula is C38H43N4O6+. The normalized spacial score (nSPS) is 23.4. The molecule has 0 aliphatic carbocycles. The van der Waals surface area contributed by atoms with Gasteiger partial charge in [0.1, 0.15) is 42.4 Å². The summed E-state index contributed by atoms with van der Waals surface area (Å²) in [6.45, 7) is 2.60. The average Bonchev–Trinajstić information content (AvgIpc) is 3.65. The summed E-state index contributed by atoms with van der Waals surface area (Å²) in [5.74, 6) is 9.95. The van der Waals surface area contributed by atoms with Crippen molar-refractivity contribution in [2.75, 3.05) is 6.54 Å². The van der Waals surface area contributed by atoms with Crippen LogP contribution in [0, 0.1) is 29.8 Å². The lowest BCUT2D eigenvalue weighted by Crippen LogP contribution is -3.12. The molecule has 1 unspecified atom stereocenters. The molecule has 48 heavy (non-hydrogen) atoms. The van der Waals surface area contributed by atoms with Crippen LogP contribution >= 0.6 is 0 Å². The summed E-state index contributed by atoms with van der Waals surface area (Å²) in [7, 11) is 0. The summed E-state index contributed by atoms with van der Waals surface area (Å²) >= 11 is 0. The third-order valence-corrected chi connectivity index (χ3v) is 9.26. The SMILES string of the molecule is CCC[C@H](O)C[C@@H](O)CC(=O)CCc1ccc2c(c1)O[C@@H]1[C@H](C#C[C@@H](O)c3ccc(C(N)N)cc3CC3=C4C[NH+]1C=C4N=C3)CC#CO2. The van der Waals surface area contributed by atoms with Crippen molar-refractivity contribution in [2.45, 2.75) is 89.0 Å². The lowest BCUT2D eigenvalue weighted by atomic mass is 9.92. The second-order valence-corrected chi connectivity index (χ2v) is 13.0. The number of carbonyl (C=O) groups excluding carboxylic acids is 1. The molecule has 0 saturated carbocycles. The van der Waals surface area contributed by atoms with Gasteiger partial charge in [0.05, 0.1) is 18.4 Å². The molecule has 4 aliphatic rings. The zero-order valence-electron chi connectivity index (χ0n) is 27.1. The molecule has 0 saturated heterocycles. The number of aliphatic imine (C=N–C) groups is 1. The van der Waals surface area contributed by atoms with Gasteiger partial charge in [-0.1, -0.05) is 55.4 Å². The van der Waals surface area contributed by atoms with Gasteiger partial charge in [-0.3, -0.25) is 14.7 Å². The lowest BCUT2D eigenvalue weighted by molar-refractivity contribution is -0.889. The number of aryl methyl sites for hydroxylation is 1. The fourth-order valence-corrected chi connectivity index (χ4v) is 6.69. The van der Waals surface area contributed by atoms with E-state index in [1.807, 2.05) is 43.5 Å². The number of ether oxygens (including phenoxy) is 2. The van der Waals surface area contributed by atoms with Gasteiger partial charge in [0.2, 0.25) is 0 Å². The first-order chi connectivity index (χ1) is 23.2. The number of nitrogens with one attached hydrogen (secondary N) is 1. The van der Waals surface area contributed by atoms with E-state index >= 15 is 0 Å². The van der Waals surface area contributed by atoms with Crippen LogP contribution in [0.5, 0.6) is 11.5 Å². The number of aliphatic hydroxyl groups excluding tert-OH is 3. The van der Waals surface area contributed by atoms with Crippen molar-refractivity contribution in [3.8, 4) is 35.4 Å². The zero-order chi connectivity index (χ0) is 33.8. The van der Waals surface area contributed by atoms with Crippen molar-refractivity contribution in [3.63, 3.8) is 0 Å². The molecule has 0 amide bonds. The Balaban J connectivity index is 1.27. The number of aliphatic hydroxyl groups is 3. The maximum Gasteiger partial charge on any atom is 0.251 e. The lowest BCUT2D eigenvalue weighted by Gasteiger charge is -2.28. The molecule has 2 bridgehead atoms. The van der Waals surface area contributed by atoms with Crippen LogP contribution in [0.3, 0.4) is 0 Å². The van der Waals surface area contributed by atoms with E-state index in [2.05, 4.69) is 30.1 Å². The van der Waals surface area contributed by atoms with Crippen LogP contribution in [0.25, 0.3) is 0 Å². The molecule has 2 aromatic carbocycles. The molecule has 0 spiro atoms. The zero-order valence-corrected chi connectivity index (χ0v) is 27.1. The van der Waals surface area contributed by atoms with Gasteiger partial charge in [0.25, 0.3) is 6.23 Å². The molecule has 0 aromatic heterocycles. The van der Waals surface area contributed by atoms with Crippen molar-refractivity contribution in [2.24, 2.45) is 22.4 Å². The predicted molar refractivity (Wildman–Crippen MR) is 180 cm³/mol. The number of ketones is 1. The van der Waals surface area contributed by atoms with E-state index in [-0.39, 0.29) is 25.0 Å². The van der Waals surface area contributed by atoms with Crippen molar-refractivity contribution in [3.05, 3.63) is 81.7 Å². The van der Waals surface area contributed by atoms with Crippen LogP contribution in [0.15, 0.2) is 64.4 Å². The summed E-state index contributed by atoms with van der Waals surface area (Å²) in [5, 5.41) is 31.6. The van der Waals surface area contributed by atoms with E-state index in [1.54, 1.807) is 6.07 Å². The molecule has 6 atom stereocenters. The van der Waals surface area contributed by atoms with Gasteiger partial charge in [0.15, 0.2) is 11.5 Å². The quantitative estimate of drug-likeness (QED) is 0.168. The Hall–Kier alpha value is -4.26. The molecule has 10 heteroatoms. The maximum absolute atomic E-state index is 12.7. The predicted octanol–water partition coefficient (Wildman–Crippen LogP) is 1.88. The van der Waals surface area contributed by atoms with Crippen molar-refractivity contribution >= 4 is 12.0 Å². The van der Waals surface area contributed by atoms with Gasteiger partial charge in [0, 0.05) is 31.1 Å². The minimum absolute atomic E-state index is 0.00863. The number of hydrogen-bond acceptors (Lipinski definition) is 9. The average molecular weight is 652 g/mol. The van der Waals surface area contributed by atoms with Crippen molar-refractivity contribution < 1.29 is 34.5 Å². The second kappa shape index (κ2) is 14.9. The number of fused-ring (bicyclic) bond motifs is 5.